The van der Waals surface area contributed by atoms with E-state index in [9.17, 15) is 0 Å². The molecule has 1 fully saturated rings. The van der Waals surface area contributed by atoms with Gasteiger partial charge in [-0.05, 0) is 50.7 Å². The van der Waals surface area contributed by atoms with Gasteiger partial charge in [0.2, 0.25) is 0 Å². The summed E-state index contributed by atoms with van der Waals surface area (Å²) in [5, 5.41) is 0. The lowest BCUT2D eigenvalue weighted by Gasteiger charge is -2.13. The number of halogens is 1. The molecule has 3 heteroatoms. The van der Waals surface area contributed by atoms with Crippen molar-refractivity contribution in [1.82, 2.24) is 4.98 Å². The summed E-state index contributed by atoms with van der Waals surface area (Å²) in [4.78, 5) is 4.19. The fraction of sp³-hybridized carbons (Fsp3) is 0.643. The number of pyridine rings is 1. The predicted octanol–water partition coefficient (Wildman–Crippen LogP) is 3.40. The zero-order valence-electron chi connectivity index (χ0n) is 11.0. The van der Waals surface area contributed by atoms with Crippen LogP contribution >= 0.6 is 15.9 Å². The van der Waals surface area contributed by atoms with Crippen molar-refractivity contribution in [3.8, 4) is 0 Å². The molecule has 0 aromatic carbocycles. The molecule has 1 heterocycles. The van der Waals surface area contributed by atoms with Crippen molar-refractivity contribution >= 4 is 15.9 Å². The molecule has 17 heavy (non-hydrogen) atoms. The Labute approximate surface area is 112 Å². The van der Waals surface area contributed by atoms with Crippen molar-refractivity contribution in [2.45, 2.75) is 40.2 Å². The molecule has 0 radical (unpaired) electrons. The molecule has 1 saturated carbocycles. The first-order valence-electron chi connectivity index (χ1n) is 6.12. The number of hydrogen-bond donors (Lipinski definition) is 1. The number of aromatic nitrogens is 1. The summed E-state index contributed by atoms with van der Waals surface area (Å²) in [6, 6.07) is 2.32. The quantitative estimate of drug-likeness (QED) is 0.928. The lowest BCUT2D eigenvalue weighted by atomic mass is 9.99. The maximum atomic E-state index is 6.37. The topological polar surface area (TPSA) is 38.9 Å². The number of nitrogens with two attached hydrogens (primary N) is 1. The molecule has 1 aromatic rings. The summed E-state index contributed by atoms with van der Waals surface area (Å²) in [7, 11) is 0. The van der Waals surface area contributed by atoms with Gasteiger partial charge in [0.25, 0.3) is 0 Å². The van der Waals surface area contributed by atoms with Gasteiger partial charge in [0.05, 0.1) is 0 Å². The van der Waals surface area contributed by atoms with Gasteiger partial charge in [0, 0.05) is 22.9 Å². The van der Waals surface area contributed by atoms with Crippen LogP contribution in [0.25, 0.3) is 0 Å². The van der Waals surface area contributed by atoms with Crippen LogP contribution in [-0.4, -0.2) is 11.0 Å². The number of rotatable bonds is 3. The third-order valence-corrected chi connectivity index (χ3v) is 5.23. The third-order valence-electron chi connectivity index (χ3n) is 4.79. The van der Waals surface area contributed by atoms with E-state index in [0.29, 0.717) is 16.7 Å². The molecule has 0 bridgehead atoms. The van der Waals surface area contributed by atoms with E-state index >= 15 is 0 Å². The number of nitrogens with zero attached hydrogens (tertiary/aromatic N) is 1. The standard InChI is InChI=1S/C14H21BrN2/c1-13(2)12(14(13,3)4)11(16)6-9-5-10(15)8-17-7-9/h5,7-8,11-12H,6,16H2,1-4H3. The second-order valence-corrected chi connectivity index (χ2v) is 7.22. The molecule has 0 spiro atoms. The minimum absolute atomic E-state index is 0.219. The Hall–Kier alpha value is -0.410. The Balaban J connectivity index is 2.07. The van der Waals surface area contributed by atoms with Gasteiger partial charge in [-0.25, -0.2) is 0 Å². The Morgan fingerprint density at radius 2 is 1.88 bits per heavy atom. The summed E-state index contributed by atoms with van der Waals surface area (Å²) in [5.41, 5.74) is 8.29. The van der Waals surface area contributed by atoms with Crippen LogP contribution in [0.5, 0.6) is 0 Å². The van der Waals surface area contributed by atoms with Crippen LogP contribution in [0.15, 0.2) is 22.9 Å². The fourth-order valence-corrected chi connectivity index (χ4v) is 3.69. The molecule has 0 saturated heterocycles. The largest absolute Gasteiger partial charge is 0.327 e. The third kappa shape index (κ3) is 2.15. The average Bonchev–Trinajstić information content (AvgIpc) is 2.56. The maximum Gasteiger partial charge on any atom is 0.0410 e. The van der Waals surface area contributed by atoms with Gasteiger partial charge in [-0.1, -0.05) is 27.7 Å². The zero-order valence-corrected chi connectivity index (χ0v) is 12.6. The molecular formula is C14H21BrN2. The smallest absolute Gasteiger partial charge is 0.0410 e. The molecule has 1 aliphatic carbocycles. The monoisotopic (exact) mass is 296 g/mol. The highest BCUT2D eigenvalue weighted by Crippen LogP contribution is 2.69. The zero-order chi connectivity index (χ0) is 12.8. The van der Waals surface area contributed by atoms with Crippen LogP contribution in [0.2, 0.25) is 0 Å². The summed E-state index contributed by atoms with van der Waals surface area (Å²) in [6.07, 6.45) is 4.62. The maximum absolute atomic E-state index is 6.37. The van der Waals surface area contributed by atoms with E-state index in [0.717, 1.165) is 10.9 Å². The van der Waals surface area contributed by atoms with Crippen LogP contribution in [-0.2, 0) is 6.42 Å². The van der Waals surface area contributed by atoms with E-state index in [2.05, 4.69) is 54.7 Å². The first-order valence-corrected chi connectivity index (χ1v) is 6.91. The van der Waals surface area contributed by atoms with E-state index in [1.807, 2.05) is 6.20 Å². The highest BCUT2D eigenvalue weighted by molar-refractivity contribution is 9.10. The van der Waals surface area contributed by atoms with E-state index in [-0.39, 0.29) is 6.04 Å². The van der Waals surface area contributed by atoms with E-state index in [1.165, 1.54) is 5.56 Å². The van der Waals surface area contributed by atoms with Crippen molar-refractivity contribution in [3.05, 3.63) is 28.5 Å². The van der Waals surface area contributed by atoms with Crippen LogP contribution in [0.1, 0.15) is 33.3 Å². The van der Waals surface area contributed by atoms with Crippen LogP contribution in [0.4, 0.5) is 0 Å². The van der Waals surface area contributed by atoms with Gasteiger partial charge in [-0.2, -0.15) is 0 Å². The molecule has 1 atom stereocenters. The minimum atomic E-state index is 0.219. The van der Waals surface area contributed by atoms with Gasteiger partial charge >= 0.3 is 0 Å². The van der Waals surface area contributed by atoms with Crippen molar-refractivity contribution in [1.29, 1.82) is 0 Å². The van der Waals surface area contributed by atoms with Crippen LogP contribution in [0.3, 0.4) is 0 Å². The first kappa shape index (κ1) is 13.0. The predicted molar refractivity (Wildman–Crippen MR) is 74.7 cm³/mol. The summed E-state index contributed by atoms with van der Waals surface area (Å²) < 4.78 is 1.02. The van der Waals surface area contributed by atoms with Gasteiger partial charge < -0.3 is 5.73 Å². The molecular weight excluding hydrogens is 276 g/mol. The van der Waals surface area contributed by atoms with Crippen LogP contribution < -0.4 is 5.73 Å². The van der Waals surface area contributed by atoms with Crippen molar-refractivity contribution in [2.75, 3.05) is 0 Å². The molecule has 0 amide bonds. The second-order valence-electron chi connectivity index (χ2n) is 6.30. The summed E-state index contributed by atoms with van der Waals surface area (Å²) in [5.74, 6) is 0.592. The minimum Gasteiger partial charge on any atom is -0.327 e. The van der Waals surface area contributed by atoms with Crippen LogP contribution in [0, 0.1) is 16.7 Å². The highest BCUT2D eigenvalue weighted by Gasteiger charge is 2.66. The van der Waals surface area contributed by atoms with Crippen molar-refractivity contribution in [3.63, 3.8) is 0 Å². The van der Waals surface area contributed by atoms with E-state index in [1.54, 1.807) is 6.20 Å². The molecule has 2 rings (SSSR count). The molecule has 94 valence electrons. The Morgan fingerprint density at radius 3 is 2.35 bits per heavy atom. The first-order chi connectivity index (χ1) is 7.76. The number of hydrogen-bond acceptors (Lipinski definition) is 2. The normalized spacial score (nSPS) is 23.4. The second kappa shape index (κ2) is 4.06. The van der Waals surface area contributed by atoms with E-state index in [4.69, 9.17) is 5.73 Å². The highest BCUT2D eigenvalue weighted by atomic mass is 79.9. The lowest BCUT2D eigenvalue weighted by molar-refractivity contribution is 0.457. The van der Waals surface area contributed by atoms with Crippen molar-refractivity contribution in [2.24, 2.45) is 22.5 Å². The average molecular weight is 297 g/mol. The summed E-state index contributed by atoms with van der Waals surface area (Å²) in [6.45, 7) is 9.26. The molecule has 2 nitrogen and oxygen atoms in total. The fourth-order valence-electron chi connectivity index (χ4n) is 3.28. The molecule has 1 unspecified atom stereocenters. The Bertz CT molecular complexity index is 412. The Kier molecular flexibility index (Phi) is 3.11. The summed E-state index contributed by atoms with van der Waals surface area (Å²) >= 11 is 3.45. The van der Waals surface area contributed by atoms with Gasteiger partial charge in [0.15, 0.2) is 0 Å². The molecule has 1 aromatic heterocycles. The van der Waals surface area contributed by atoms with E-state index < -0.39 is 0 Å². The Morgan fingerprint density at radius 1 is 1.29 bits per heavy atom. The van der Waals surface area contributed by atoms with Crippen molar-refractivity contribution < 1.29 is 0 Å². The molecule has 1 aliphatic rings. The SMILES string of the molecule is CC1(C)C(C(N)Cc2cncc(Br)c2)C1(C)C. The lowest BCUT2D eigenvalue weighted by Crippen LogP contribution is -2.28. The van der Waals surface area contributed by atoms with Gasteiger partial charge in [-0.3, -0.25) is 4.98 Å². The van der Waals surface area contributed by atoms with Gasteiger partial charge in [0.1, 0.15) is 0 Å². The molecule has 2 N–H and O–H groups in total. The molecule has 0 aliphatic heterocycles. The van der Waals surface area contributed by atoms with Gasteiger partial charge in [-0.15, -0.1) is 0 Å².